The largest absolute Gasteiger partial charge is 0.497 e. The summed E-state index contributed by atoms with van der Waals surface area (Å²) >= 11 is 0. The summed E-state index contributed by atoms with van der Waals surface area (Å²) < 4.78 is 56.5. The molecule has 1 heterocycles. The molecule has 0 amide bonds. The molecule has 1 aliphatic carbocycles. The van der Waals surface area contributed by atoms with Crippen LogP contribution in [0.15, 0.2) is 103 Å². The van der Waals surface area contributed by atoms with E-state index >= 15 is 0 Å². The Balaban J connectivity index is 1.33. The second-order valence-corrected chi connectivity index (χ2v) is 12.7. The minimum Gasteiger partial charge on any atom is -0.497 e. The summed E-state index contributed by atoms with van der Waals surface area (Å²) in [6.07, 6.45) is -3.23. The molecule has 9 heteroatoms. The lowest BCUT2D eigenvalue weighted by Gasteiger charge is -2.46. The van der Waals surface area contributed by atoms with E-state index in [0.717, 1.165) is 39.5 Å². The molecule has 2 fully saturated rings. The summed E-state index contributed by atoms with van der Waals surface area (Å²) in [5.74, 6) is 1.46. The number of hydrogen-bond donors (Lipinski definition) is 0. The van der Waals surface area contributed by atoms with Gasteiger partial charge in [0.05, 0.1) is 47.8 Å². The van der Waals surface area contributed by atoms with Crippen LogP contribution in [-0.2, 0) is 54.8 Å². The molecule has 0 radical (unpaired) electrons. The molecule has 0 bridgehead atoms. The van der Waals surface area contributed by atoms with Gasteiger partial charge in [-0.25, -0.2) is 0 Å². The molecule has 6 rings (SSSR count). The Morgan fingerprint density at radius 2 is 0.735 bits per heavy atom. The molecule has 4 aromatic rings. The van der Waals surface area contributed by atoms with Gasteiger partial charge >= 0.3 is 0 Å². The van der Waals surface area contributed by atoms with Crippen molar-refractivity contribution in [1.82, 2.24) is 0 Å². The lowest BCUT2D eigenvalue weighted by atomic mass is 9.84. The quantitative estimate of drug-likeness (QED) is 0.134. The van der Waals surface area contributed by atoms with Crippen molar-refractivity contribution in [1.29, 1.82) is 0 Å². The van der Waals surface area contributed by atoms with E-state index in [2.05, 4.69) is 0 Å². The first-order valence-corrected chi connectivity index (χ1v) is 16.6. The van der Waals surface area contributed by atoms with E-state index in [4.69, 9.17) is 42.6 Å². The molecule has 2 aliphatic rings. The SMILES string of the molecule is COc1ccc(CO[C@@H]2[C@@H](OCc3ccccc3)[C@H](OCc3ccc(OC)cc3)[C@H]3OC(C)(C)O[C@H]3[C@H]2OCc2ccc(OC)cc2)cc1. The van der Waals surface area contributed by atoms with Crippen LogP contribution in [0, 0.1) is 0 Å². The third kappa shape index (κ3) is 8.80. The van der Waals surface area contributed by atoms with Crippen molar-refractivity contribution in [3.63, 3.8) is 0 Å². The minimum absolute atomic E-state index is 0.315. The number of hydrogen-bond acceptors (Lipinski definition) is 9. The summed E-state index contributed by atoms with van der Waals surface area (Å²) in [4.78, 5) is 0. The van der Waals surface area contributed by atoms with Crippen LogP contribution in [0.1, 0.15) is 36.1 Å². The second-order valence-electron chi connectivity index (χ2n) is 12.7. The summed E-state index contributed by atoms with van der Waals surface area (Å²) in [5, 5.41) is 0. The maximum absolute atomic E-state index is 6.83. The Morgan fingerprint density at radius 3 is 1.06 bits per heavy atom. The summed E-state index contributed by atoms with van der Waals surface area (Å²) in [6.45, 7) is 5.15. The van der Waals surface area contributed by atoms with Crippen LogP contribution in [0.2, 0.25) is 0 Å². The lowest BCUT2D eigenvalue weighted by molar-refractivity contribution is -0.252. The number of benzene rings is 4. The highest BCUT2D eigenvalue weighted by Crippen LogP contribution is 2.43. The van der Waals surface area contributed by atoms with Gasteiger partial charge in [-0.3, -0.25) is 0 Å². The third-order valence-corrected chi connectivity index (χ3v) is 8.87. The molecule has 260 valence electrons. The van der Waals surface area contributed by atoms with Crippen molar-refractivity contribution >= 4 is 0 Å². The van der Waals surface area contributed by atoms with Gasteiger partial charge in [-0.15, -0.1) is 0 Å². The Morgan fingerprint density at radius 1 is 0.429 bits per heavy atom. The predicted molar refractivity (Wildman–Crippen MR) is 184 cm³/mol. The maximum Gasteiger partial charge on any atom is 0.164 e. The van der Waals surface area contributed by atoms with E-state index in [1.807, 2.05) is 117 Å². The molecule has 9 nitrogen and oxygen atoms in total. The van der Waals surface area contributed by atoms with Crippen LogP contribution in [-0.4, -0.2) is 63.7 Å². The molecule has 4 aromatic carbocycles. The van der Waals surface area contributed by atoms with E-state index in [-0.39, 0.29) is 0 Å². The molecule has 1 saturated heterocycles. The zero-order valence-electron chi connectivity index (χ0n) is 28.8. The van der Waals surface area contributed by atoms with Crippen LogP contribution in [0.4, 0.5) is 0 Å². The fourth-order valence-corrected chi connectivity index (χ4v) is 6.34. The van der Waals surface area contributed by atoms with Crippen LogP contribution >= 0.6 is 0 Å². The van der Waals surface area contributed by atoms with Gasteiger partial charge in [0.1, 0.15) is 53.9 Å². The summed E-state index contributed by atoms with van der Waals surface area (Å²) in [5.41, 5.74) is 4.00. The van der Waals surface area contributed by atoms with Crippen LogP contribution in [0.3, 0.4) is 0 Å². The highest BCUT2D eigenvalue weighted by molar-refractivity contribution is 5.28. The molecule has 0 unspecified atom stereocenters. The van der Waals surface area contributed by atoms with E-state index in [1.165, 1.54) is 0 Å². The van der Waals surface area contributed by atoms with Crippen LogP contribution < -0.4 is 14.2 Å². The van der Waals surface area contributed by atoms with Gasteiger partial charge in [-0.05, 0) is 72.5 Å². The number of ether oxygens (including phenoxy) is 9. The van der Waals surface area contributed by atoms with Crippen molar-refractivity contribution in [2.75, 3.05) is 21.3 Å². The van der Waals surface area contributed by atoms with Gasteiger partial charge in [-0.2, -0.15) is 0 Å². The molecule has 1 saturated carbocycles. The summed E-state index contributed by atoms with van der Waals surface area (Å²) in [7, 11) is 4.96. The Bertz CT molecular complexity index is 1580. The van der Waals surface area contributed by atoms with Crippen LogP contribution in [0.5, 0.6) is 17.2 Å². The van der Waals surface area contributed by atoms with Crippen molar-refractivity contribution in [3.05, 3.63) is 125 Å². The minimum atomic E-state index is -0.881. The summed E-state index contributed by atoms with van der Waals surface area (Å²) in [6, 6.07) is 33.6. The molecule has 49 heavy (non-hydrogen) atoms. The normalized spacial score (nSPS) is 24.3. The fraction of sp³-hybridized carbons (Fsp3) is 0.400. The van der Waals surface area contributed by atoms with Gasteiger partial charge in [0.2, 0.25) is 0 Å². The van der Waals surface area contributed by atoms with E-state index < -0.39 is 42.4 Å². The van der Waals surface area contributed by atoms with Gasteiger partial charge in [0, 0.05) is 0 Å². The number of methoxy groups -OCH3 is 3. The predicted octanol–water partition coefficient (Wildman–Crippen LogP) is 6.89. The zero-order chi connectivity index (χ0) is 34.2. The first-order valence-electron chi connectivity index (χ1n) is 16.6. The fourth-order valence-electron chi connectivity index (χ4n) is 6.34. The average molecular weight is 671 g/mol. The first-order chi connectivity index (χ1) is 23.9. The second kappa shape index (κ2) is 16.2. The van der Waals surface area contributed by atoms with Crippen molar-refractivity contribution in [2.24, 2.45) is 0 Å². The third-order valence-electron chi connectivity index (χ3n) is 8.87. The Hall–Kier alpha value is -3.96. The van der Waals surface area contributed by atoms with Gasteiger partial charge in [-0.1, -0.05) is 66.7 Å². The lowest BCUT2D eigenvalue weighted by Crippen LogP contribution is -2.65. The number of fused-ring (bicyclic) bond motifs is 1. The maximum atomic E-state index is 6.83. The van der Waals surface area contributed by atoms with Gasteiger partial charge in [0.25, 0.3) is 0 Å². The average Bonchev–Trinajstić information content (AvgIpc) is 3.47. The van der Waals surface area contributed by atoms with Crippen LogP contribution in [0.25, 0.3) is 0 Å². The van der Waals surface area contributed by atoms with Gasteiger partial charge in [0.15, 0.2) is 5.79 Å². The standard InChI is InChI=1S/C40H46O9/c1-40(2)48-38-36(46-25-29-13-19-32(42-4)20-14-29)34(44-23-27-9-7-6-8-10-27)35(45-24-28-11-17-31(41-3)18-12-28)37(39(38)49-40)47-26-30-15-21-33(43-5)22-16-30/h6-22,34-39H,23-26H2,1-5H3/t34-,35-,36+,37+,38-,39+/m1/s1. The van der Waals surface area contributed by atoms with E-state index in [1.54, 1.807) is 21.3 Å². The topological polar surface area (TPSA) is 83.1 Å². The van der Waals surface area contributed by atoms with Gasteiger partial charge < -0.3 is 42.6 Å². The Kier molecular flexibility index (Phi) is 11.5. The molecule has 6 atom stereocenters. The van der Waals surface area contributed by atoms with E-state index in [9.17, 15) is 0 Å². The molecule has 0 N–H and O–H groups in total. The molecular weight excluding hydrogens is 624 g/mol. The molecule has 1 aliphatic heterocycles. The van der Waals surface area contributed by atoms with E-state index in [0.29, 0.717) is 26.4 Å². The number of rotatable bonds is 15. The monoisotopic (exact) mass is 670 g/mol. The zero-order valence-corrected chi connectivity index (χ0v) is 28.8. The van der Waals surface area contributed by atoms with Crippen molar-refractivity contribution < 1.29 is 42.6 Å². The molecule has 0 spiro atoms. The highest BCUT2D eigenvalue weighted by Gasteiger charge is 2.60. The molecule has 0 aromatic heterocycles. The van der Waals surface area contributed by atoms with Crippen molar-refractivity contribution in [2.45, 2.75) is 82.7 Å². The Labute approximate surface area is 288 Å². The van der Waals surface area contributed by atoms with Crippen molar-refractivity contribution in [3.8, 4) is 17.2 Å². The first kappa shape index (κ1) is 34.9. The smallest absolute Gasteiger partial charge is 0.164 e. The molecular formula is C40H46O9. The highest BCUT2D eigenvalue weighted by atomic mass is 16.8.